The van der Waals surface area contributed by atoms with Crippen molar-refractivity contribution >= 4 is 92.5 Å². The molecule has 4 rings (SSSR count). The molecule has 26 nitrogen and oxygen atoms in total. The molecule has 0 spiro atoms. The van der Waals surface area contributed by atoms with Gasteiger partial charge in [0.1, 0.15) is 48.0 Å². The number of aromatic hydroxyl groups is 1. The Kier molecular flexibility index (Phi) is 23.7. The summed E-state index contributed by atoms with van der Waals surface area (Å²) in [7, 11) is 2.19. The smallest absolute Gasteiger partial charge is 0.246 e. The van der Waals surface area contributed by atoms with E-state index in [-0.39, 0.29) is 74.8 Å². The molecule has 0 aliphatic carbocycles. The summed E-state index contributed by atoms with van der Waals surface area (Å²) in [6.45, 7) is -0.402. The lowest BCUT2D eigenvalue weighted by Gasteiger charge is -2.31. The summed E-state index contributed by atoms with van der Waals surface area (Å²) in [6.07, 6.45) is -1.34. The summed E-state index contributed by atoms with van der Waals surface area (Å²) in [5.74, 6) is -9.75. The summed E-state index contributed by atoms with van der Waals surface area (Å²) >= 11 is 0. The molecule has 0 radical (unpaired) electrons. The van der Waals surface area contributed by atoms with Crippen molar-refractivity contribution in [1.82, 2.24) is 42.1 Å². The van der Waals surface area contributed by atoms with Crippen LogP contribution < -0.4 is 65.9 Å². The van der Waals surface area contributed by atoms with Gasteiger partial charge in [-0.05, 0) is 55.4 Å². The number of amides is 11. The Labute approximate surface area is 433 Å². The molecule has 2 aliphatic rings. The van der Waals surface area contributed by atoms with Gasteiger partial charge in [0.2, 0.25) is 65.0 Å². The first kappa shape index (κ1) is 58.9. The number of primary amides is 3. The summed E-state index contributed by atoms with van der Waals surface area (Å²) in [6, 6.07) is 4.52. The fraction of sp³-hybridized carbons (Fsp3) is 0.478. The fourth-order valence-electron chi connectivity index (χ4n) is 7.78. The molecular weight excluding hydrogens is 1000 g/mol. The first-order valence-corrected chi connectivity index (χ1v) is 26.0. The monoisotopic (exact) mass is 1070 g/mol. The van der Waals surface area contributed by atoms with Crippen molar-refractivity contribution in [2.24, 2.45) is 33.7 Å². The van der Waals surface area contributed by atoms with Crippen molar-refractivity contribution in [3.05, 3.63) is 65.7 Å². The van der Waals surface area contributed by atoms with E-state index in [1.54, 1.807) is 42.5 Å². The van der Waals surface area contributed by atoms with Crippen molar-refractivity contribution in [1.29, 1.82) is 0 Å². The Morgan fingerprint density at radius 1 is 0.730 bits per heavy atom. The third kappa shape index (κ3) is 20.1. The number of carbonyl (C=O) groups excluding carboxylic acids is 11. The average Bonchev–Trinajstić information content (AvgIpc) is 3.85. The molecule has 11 amide bonds. The van der Waals surface area contributed by atoms with Crippen LogP contribution in [-0.4, -0.2) is 154 Å². The molecule has 0 aromatic heterocycles. The number of rotatable bonds is 19. The Morgan fingerprint density at radius 3 is 1.97 bits per heavy atom. The van der Waals surface area contributed by atoms with Crippen LogP contribution in [0.4, 0.5) is 0 Å². The maximum Gasteiger partial charge on any atom is 0.246 e. The molecule has 2 saturated heterocycles. The number of nitrogens with zero attached hydrogens (tertiary/aromatic N) is 2. The highest BCUT2D eigenvalue weighted by atomic mass is 33.1. The second kappa shape index (κ2) is 29.8. The zero-order valence-electron chi connectivity index (χ0n) is 40.4. The predicted octanol–water partition coefficient (Wildman–Crippen LogP) is -4.34. The van der Waals surface area contributed by atoms with Crippen molar-refractivity contribution < 1.29 is 57.8 Å². The lowest BCUT2D eigenvalue weighted by Crippen LogP contribution is -2.61. The topological polar surface area (TPSA) is 438 Å². The minimum atomic E-state index is -1.77. The molecule has 2 heterocycles. The number of likely N-dealkylation sites (tertiary alicyclic amines) is 1. The van der Waals surface area contributed by atoms with Crippen molar-refractivity contribution in [3.8, 4) is 5.75 Å². The number of hydrogen-bond donors (Lipinski definition) is 13. The van der Waals surface area contributed by atoms with Gasteiger partial charge in [-0.2, -0.15) is 0 Å². The second-order valence-corrected chi connectivity index (χ2v) is 20.0. The van der Waals surface area contributed by atoms with Gasteiger partial charge in [-0.25, -0.2) is 0 Å². The SMILES string of the molecule is NC(=O)CC[C@@H]1NC(=O)[C@H](Cc2ccccc2)NC(=O)[C@H](Cc2ccc(O)cc2)NC(=O)CCSSC[C@H](C(=O)N2CCC[C@H]2C(=O)N[C@H](CCCN=C(N)N)C(=O)NCC(N)=O)NC(=O)[C@H](CC(N)=O)NC1=O. The van der Waals surface area contributed by atoms with Crippen LogP contribution in [0, 0.1) is 0 Å². The molecule has 0 unspecified atom stereocenters. The molecule has 7 atom stereocenters. The lowest BCUT2D eigenvalue weighted by atomic mass is 10.0. The van der Waals surface area contributed by atoms with Gasteiger partial charge in [0.05, 0.1) is 13.0 Å². The molecule has 402 valence electrons. The number of aliphatic imine (C=N–C) groups is 1. The maximum absolute atomic E-state index is 14.6. The first-order chi connectivity index (χ1) is 35.2. The van der Waals surface area contributed by atoms with Crippen LogP contribution in [0.15, 0.2) is 59.6 Å². The van der Waals surface area contributed by atoms with Gasteiger partial charge in [0.15, 0.2) is 5.96 Å². The molecule has 0 bridgehead atoms. The van der Waals surface area contributed by atoms with E-state index in [1.165, 1.54) is 17.0 Å². The van der Waals surface area contributed by atoms with E-state index in [1.807, 2.05) is 0 Å². The molecule has 18 N–H and O–H groups in total. The van der Waals surface area contributed by atoms with E-state index < -0.39 is 133 Å². The van der Waals surface area contributed by atoms with Crippen LogP contribution in [0.1, 0.15) is 62.5 Å². The highest BCUT2D eigenvalue weighted by molar-refractivity contribution is 8.76. The zero-order valence-corrected chi connectivity index (χ0v) is 42.0. The van der Waals surface area contributed by atoms with Crippen LogP contribution >= 0.6 is 21.6 Å². The van der Waals surface area contributed by atoms with Gasteiger partial charge in [0.25, 0.3) is 0 Å². The van der Waals surface area contributed by atoms with E-state index in [9.17, 15) is 57.8 Å². The lowest BCUT2D eigenvalue weighted by molar-refractivity contribution is -0.142. The maximum atomic E-state index is 14.6. The third-order valence-electron chi connectivity index (χ3n) is 11.5. The van der Waals surface area contributed by atoms with E-state index in [0.29, 0.717) is 17.5 Å². The molecular formula is C46H64N14O12S2. The Hall–Kier alpha value is -7.62. The van der Waals surface area contributed by atoms with E-state index >= 15 is 0 Å². The van der Waals surface area contributed by atoms with Gasteiger partial charge in [0, 0.05) is 50.3 Å². The Morgan fingerprint density at radius 2 is 1.34 bits per heavy atom. The normalized spacial score (nSPS) is 21.7. The van der Waals surface area contributed by atoms with Crippen LogP contribution in [0.25, 0.3) is 0 Å². The molecule has 74 heavy (non-hydrogen) atoms. The summed E-state index contributed by atoms with van der Waals surface area (Å²) in [4.78, 5) is 153. The number of phenolic OH excluding ortho intramolecular Hbond substituents is 1. The molecule has 0 saturated carbocycles. The fourth-order valence-corrected chi connectivity index (χ4v) is 9.93. The van der Waals surface area contributed by atoms with E-state index in [4.69, 9.17) is 28.7 Å². The van der Waals surface area contributed by atoms with Gasteiger partial charge in [-0.15, -0.1) is 0 Å². The van der Waals surface area contributed by atoms with Gasteiger partial charge in [-0.1, -0.05) is 64.1 Å². The zero-order chi connectivity index (χ0) is 54.3. The van der Waals surface area contributed by atoms with Gasteiger partial charge in [-0.3, -0.25) is 57.7 Å². The average molecular weight is 1070 g/mol. The molecule has 2 aromatic rings. The minimum Gasteiger partial charge on any atom is -0.508 e. The number of carbonyl (C=O) groups is 11. The third-order valence-corrected chi connectivity index (χ3v) is 13.9. The first-order valence-electron chi connectivity index (χ1n) is 23.6. The predicted molar refractivity (Wildman–Crippen MR) is 272 cm³/mol. The standard InChI is InChI=1S/C46H64N14O12S2/c47-35(62)15-14-29-40(67)58-32(22-36(48)63)43(70)59-33(45(72)60-18-5-9-34(60)44(71)56-28(8-4-17-52-46(50)51)39(66)53-23-37(49)64)24-74-73-19-16-38(65)54-30(21-26-10-12-27(61)13-11-26)41(68)57-31(42(69)55-29)20-25-6-2-1-3-7-25/h1-3,6-7,10-13,28-34,61H,4-5,8-9,14-24H2,(H2,47,62)(H2,48,63)(H2,49,64)(H,53,66)(H,54,65)(H,55,69)(H,56,71)(H,57,68)(H,58,67)(H,59,70)(H4,50,51,52)/t28-,29+,30+,31+,32+,33-,34+/m1/s1. The molecule has 28 heteroatoms. The van der Waals surface area contributed by atoms with Crippen molar-refractivity contribution in [3.63, 3.8) is 0 Å². The second-order valence-electron chi connectivity index (χ2n) is 17.3. The summed E-state index contributed by atoms with van der Waals surface area (Å²) < 4.78 is 0. The minimum absolute atomic E-state index is 0.0128. The highest BCUT2D eigenvalue weighted by Crippen LogP contribution is 2.26. The number of hydrogen-bond acceptors (Lipinski definition) is 15. The number of benzene rings is 2. The molecule has 2 aromatic carbocycles. The van der Waals surface area contributed by atoms with Crippen LogP contribution in [0.3, 0.4) is 0 Å². The van der Waals surface area contributed by atoms with Crippen molar-refractivity contribution in [2.75, 3.05) is 31.1 Å². The van der Waals surface area contributed by atoms with Crippen LogP contribution in [-0.2, 0) is 65.6 Å². The van der Waals surface area contributed by atoms with E-state index in [2.05, 4.69) is 42.2 Å². The largest absolute Gasteiger partial charge is 0.508 e. The Bertz CT molecular complexity index is 2380. The molecule has 2 aliphatic heterocycles. The van der Waals surface area contributed by atoms with Crippen molar-refractivity contribution in [2.45, 2.75) is 107 Å². The van der Waals surface area contributed by atoms with Crippen LogP contribution in [0.5, 0.6) is 5.75 Å². The van der Waals surface area contributed by atoms with Gasteiger partial charge < -0.3 is 75.9 Å². The summed E-state index contributed by atoms with van der Waals surface area (Å²) in [5.41, 5.74) is 28.1. The number of nitrogens with two attached hydrogens (primary N) is 5. The van der Waals surface area contributed by atoms with E-state index in [0.717, 1.165) is 21.6 Å². The number of nitrogens with one attached hydrogen (secondary N) is 7. The number of phenols is 1. The van der Waals surface area contributed by atoms with Crippen LogP contribution in [0.2, 0.25) is 0 Å². The number of guanidine groups is 1. The van der Waals surface area contributed by atoms with Gasteiger partial charge >= 0.3 is 0 Å². The molecule has 2 fully saturated rings. The summed E-state index contributed by atoms with van der Waals surface area (Å²) in [5, 5.41) is 27.8. The Balaban J connectivity index is 1.68. The highest BCUT2D eigenvalue weighted by Gasteiger charge is 2.40. The quantitative estimate of drug-likeness (QED) is 0.0274.